The van der Waals surface area contributed by atoms with E-state index < -0.39 is 6.09 Å². The number of amides is 1. The monoisotopic (exact) mass is 209 g/mol. The first-order chi connectivity index (χ1) is 6.75. The zero-order valence-corrected chi connectivity index (χ0v) is 7.95. The SMILES string of the molecule is NC(=O)OCc1nc2cnccc2s1. The number of aromatic nitrogens is 2. The summed E-state index contributed by atoms with van der Waals surface area (Å²) in [5.74, 6) is 0. The summed E-state index contributed by atoms with van der Waals surface area (Å²) in [4.78, 5) is 18.5. The Bertz CT molecular complexity index is 435. The Hall–Kier alpha value is -1.69. The first-order valence-electron chi connectivity index (χ1n) is 3.87. The van der Waals surface area contributed by atoms with Crippen LogP contribution in [0.25, 0.3) is 10.2 Å². The van der Waals surface area contributed by atoms with Gasteiger partial charge in [-0.2, -0.15) is 0 Å². The number of carbonyl (C=O) groups is 1. The minimum atomic E-state index is -0.789. The second kappa shape index (κ2) is 3.59. The molecule has 6 heteroatoms. The number of primary amides is 1. The lowest BCUT2D eigenvalue weighted by Gasteiger charge is -1.94. The highest BCUT2D eigenvalue weighted by molar-refractivity contribution is 7.18. The van der Waals surface area contributed by atoms with Crippen molar-refractivity contribution in [2.45, 2.75) is 6.61 Å². The molecule has 2 aromatic rings. The molecule has 0 spiro atoms. The molecule has 0 aliphatic carbocycles. The molecule has 2 rings (SSSR count). The molecule has 0 aliphatic heterocycles. The fourth-order valence-corrected chi connectivity index (χ4v) is 1.87. The molecular weight excluding hydrogens is 202 g/mol. The molecule has 2 heterocycles. The van der Waals surface area contributed by atoms with Gasteiger partial charge in [0, 0.05) is 6.20 Å². The van der Waals surface area contributed by atoms with Gasteiger partial charge in [0.25, 0.3) is 0 Å². The fourth-order valence-electron chi connectivity index (χ4n) is 1.02. The maximum absolute atomic E-state index is 10.4. The van der Waals surface area contributed by atoms with Gasteiger partial charge in [0.05, 0.1) is 16.4 Å². The molecule has 72 valence electrons. The molecule has 0 aliphatic rings. The number of rotatable bonds is 2. The van der Waals surface area contributed by atoms with Gasteiger partial charge in [-0.1, -0.05) is 0 Å². The van der Waals surface area contributed by atoms with E-state index >= 15 is 0 Å². The van der Waals surface area contributed by atoms with Crippen molar-refractivity contribution in [3.05, 3.63) is 23.5 Å². The topological polar surface area (TPSA) is 78.1 Å². The first-order valence-corrected chi connectivity index (χ1v) is 4.69. The number of hydrogen-bond acceptors (Lipinski definition) is 5. The molecule has 1 amide bonds. The van der Waals surface area contributed by atoms with Gasteiger partial charge in [-0.15, -0.1) is 11.3 Å². The smallest absolute Gasteiger partial charge is 0.404 e. The van der Waals surface area contributed by atoms with E-state index in [1.807, 2.05) is 6.07 Å². The molecule has 0 saturated carbocycles. The summed E-state index contributed by atoms with van der Waals surface area (Å²) in [5, 5.41) is 0.715. The van der Waals surface area contributed by atoms with Crippen LogP contribution in [-0.4, -0.2) is 16.1 Å². The number of carbonyl (C=O) groups excluding carboxylic acids is 1. The zero-order chi connectivity index (χ0) is 9.97. The Morgan fingerprint density at radius 1 is 1.64 bits per heavy atom. The highest BCUT2D eigenvalue weighted by Gasteiger charge is 2.04. The summed E-state index contributed by atoms with van der Waals surface area (Å²) in [6.07, 6.45) is 2.57. The molecule has 2 aromatic heterocycles. The van der Waals surface area contributed by atoms with Crippen LogP contribution in [0.4, 0.5) is 4.79 Å². The number of thiazole rings is 1. The molecule has 14 heavy (non-hydrogen) atoms. The lowest BCUT2D eigenvalue weighted by Crippen LogP contribution is -2.12. The van der Waals surface area contributed by atoms with E-state index in [2.05, 4.69) is 14.7 Å². The predicted molar refractivity (Wildman–Crippen MR) is 51.8 cm³/mol. The van der Waals surface area contributed by atoms with E-state index in [4.69, 9.17) is 5.73 Å². The van der Waals surface area contributed by atoms with Crippen LogP contribution in [0.15, 0.2) is 18.5 Å². The van der Waals surface area contributed by atoms with E-state index in [0.29, 0.717) is 5.01 Å². The quantitative estimate of drug-likeness (QED) is 0.808. The molecule has 0 bridgehead atoms. The summed E-state index contributed by atoms with van der Waals surface area (Å²) in [5.41, 5.74) is 5.64. The van der Waals surface area contributed by atoms with Crippen molar-refractivity contribution in [3.8, 4) is 0 Å². The standard InChI is InChI=1S/C8H7N3O2S/c9-8(12)13-4-7-11-5-3-10-2-1-6(5)14-7/h1-3H,4H2,(H2,9,12). The molecule has 0 radical (unpaired) electrons. The van der Waals surface area contributed by atoms with Gasteiger partial charge in [0.1, 0.15) is 11.6 Å². The van der Waals surface area contributed by atoms with Gasteiger partial charge < -0.3 is 10.5 Å². The summed E-state index contributed by atoms with van der Waals surface area (Å²) in [7, 11) is 0. The normalized spacial score (nSPS) is 10.3. The Morgan fingerprint density at radius 3 is 3.21 bits per heavy atom. The van der Waals surface area contributed by atoms with Crippen molar-refractivity contribution < 1.29 is 9.53 Å². The van der Waals surface area contributed by atoms with Crippen LogP contribution in [-0.2, 0) is 11.3 Å². The van der Waals surface area contributed by atoms with Crippen molar-refractivity contribution in [1.82, 2.24) is 9.97 Å². The van der Waals surface area contributed by atoms with Crippen molar-refractivity contribution >= 4 is 27.6 Å². The second-order valence-electron chi connectivity index (χ2n) is 2.56. The Balaban J connectivity index is 2.22. The van der Waals surface area contributed by atoms with E-state index in [0.717, 1.165) is 10.2 Å². The van der Waals surface area contributed by atoms with Crippen molar-refractivity contribution in [2.24, 2.45) is 5.73 Å². The second-order valence-corrected chi connectivity index (χ2v) is 3.67. The summed E-state index contributed by atoms with van der Waals surface area (Å²) in [6, 6.07) is 1.86. The Labute approximate surface area is 83.5 Å². The maximum Gasteiger partial charge on any atom is 0.404 e. The van der Waals surface area contributed by atoms with Crippen LogP contribution in [0.5, 0.6) is 0 Å². The summed E-state index contributed by atoms with van der Waals surface area (Å²) in [6.45, 7) is 0.120. The molecule has 0 aromatic carbocycles. The molecule has 5 nitrogen and oxygen atoms in total. The van der Waals surface area contributed by atoms with Gasteiger partial charge >= 0.3 is 6.09 Å². The lowest BCUT2D eigenvalue weighted by molar-refractivity contribution is 0.150. The predicted octanol–water partition coefficient (Wildman–Crippen LogP) is 1.29. The summed E-state index contributed by atoms with van der Waals surface area (Å²) < 4.78 is 5.64. The largest absolute Gasteiger partial charge is 0.442 e. The minimum Gasteiger partial charge on any atom is -0.442 e. The molecule has 0 saturated heterocycles. The number of hydrogen-bond donors (Lipinski definition) is 1. The van der Waals surface area contributed by atoms with Gasteiger partial charge in [-0.05, 0) is 6.07 Å². The van der Waals surface area contributed by atoms with Crippen molar-refractivity contribution in [3.63, 3.8) is 0 Å². The first kappa shape index (κ1) is 8.89. The van der Waals surface area contributed by atoms with Crippen molar-refractivity contribution in [2.75, 3.05) is 0 Å². The molecule has 2 N–H and O–H groups in total. The Morgan fingerprint density at radius 2 is 2.50 bits per heavy atom. The third-order valence-corrected chi connectivity index (χ3v) is 2.58. The summed E-state index contributed by atoms with van der Waals surface area (Å²) >= 11 is 1.46. The number of nitrogens with two attached hydrogens (primary N) is 1. The Kier molecular flexibility index (Phi) is 2.28. The highest BCUT2D eigenvalue weighted by atomic mass is 32.1. The van der Waals surface area contributed by atoms with E-state index in [1.165, 1.54) is 11.3 Å². The van der Waals surface area contributed by atoms with Gasteiger partial charge in [0.2, 0.25) is 0 Å². The average Bonchev–Trinajstić information content (AvgIpc) is 2.57. The maximum atomic E-state index is 10.4. The van der Waals surface area contributed by atoms with E-state index in [1.54, 1.807) is 12.4 Å². The fraction of sp³-hybridized carbons (Fsp3) is 0.125. The number of fused-ring (bicyclic) bond motifs is 1. The average molecular weight is 209 g/mol. The minimum absolute atomic E-state index is 0.120. The van der Waals surface area contributed by atoms with Crippen LogP contribution < -0.4 is 5.73 Å². The van der Waals surface area contributed by atoms with Crippen LogP contribution in [0.3, 0.4) is 0 Å². The molecule has 0 unspecified atom stereocenters. The zero-order valence-electron chi connectivity index (χ0n) is 7.14. The van der Waals surface area contributed by atoms with Gasteiger partial charge in [-0.25, -0.2) is 9.78 Å². The van der Waals surface area contributed by atoms with Crippen LogP contribution in [0, 0.1) is 0 Å². The van der Waals surface area contributed by atoms with Crippen molar-refractivity contribution in [1.29, 1.82) is 0 Å². The third kappa shape index (κ3) is 1.80. The van der Waals surface area contributed by atoms with Crippen LogP contribution in [0.1, 0.15) is 5.01 Å². The number of pyridine rings is 1. The number of ether oxygens (including phenoxy) is 1. The number of nitrogens with zero attached hydrogens (tertiary/aromatic N) is 2. The third-order valence-electron chi connectivity index (χ3n) is 1.57. The highest BCUT2D eigenvalue weighted by Crippen LogP contribution is 2.20. The van der Waals surface area contributed by atoms with Gasteiger partial charge in [-0.3, -0.25) is 4.98 Å². The van der Waals surface area contributed by atoms with E-state index in [-0.39, 0.29) is 6.61 Å². The molecular formula is C8H7N3O2S. The molecule has 0 atom stereocenters. The van der Waals surface area contributed by atoms with Crippen LogP contribution in [0.2, 0.25) is 0 Å². The molecule has 0 fully saturated rings. The lowest BCUT2D eigenvalue weighted by atomic mass is 10.5. The van der Waals surface area contributed by atoms with Gasteiger partial charge in [0.15, 0.2) is 0 Å². The van der Waals surface area contributed by atoms with E-state index in [9.17, 15) is 4.79 Å². The van der Waals surface area contributed by atoms with Crippen LogP contribution >= 0.6 is 11.3 Å².